The highest BCUT2D eigenvalue weighted by Crippen LogP contribution is 2.29. The number of carbonyl (C=O) groups excluding carboxylic acids is 2. The van der Waals surface area contributed by atoms with Crippen molar-refractivity contribution in [3.8, 4) is 17.2 Å². The smallest absolute Gasteiger partial charge is 0.344 e. The van der Waals surface area contributed by atoms with Gasteiger partial charge in [0.2, 0.25) is 0 Å². The van der Waals surface area contributed by atoms with Crippen molar-refractivity contribution in [2.75, 3.05) is 43.6 Å². The third kappa shape index (κ3) is 7.60. The third-order valence-electron chi connectivity index (χ3n) is 5.39. The molecule has 0 bridgehead atoms. The molecule has 0 unspecified atom stereocenters. The maximum atomic E-state index is 12.9. The molecule has 0 aliphatic rings. The van der Waals surface area contributed by atoms with E-state index in [-0.39, 0.29) is 27.8 Å². The van der Waals surface area contributed by atoms with Gasteiger partial charge in [-0.25, -0.2) is 13.2 Å². The molecule has 0 saturated carbocycles. The maximum Gasteiger partial charge on any atom is 0.344 e. The zero-order valence-corrected chi connectivity index (χ0v) is 22.7. The van der Waals surface area contributed by atoms with E-state index in [2.05, 4.69) is 5.32 Å². The van der Waals surface area contributed by atoms with Crippen molar-refractivity contribution in [1.29, 1.82) is 0 Å². The Morgan fingerprint density at radius 3 is 2.12 bits per heavy atom. The van der Waals surface area contributed by atoms with Gasteiger partial charge in [-0.2, -0.15) is 0 Å². The predicted molar refractivity (Wildman–Crippen MR) is 144 cm³/mol. The number of benzene rings is 3. The Labute approximate surface area is 230 Å². The van der Waals surface area contributed by atoms with Gasteiger partial charge >= 0.3 is 5.97 Å². The van der Waals surface area contributed by atoms with Gasteiger partial charge in [-0.05, 0) is 67.6 Å². The minimum Gasteiger partial charge on any atom is -0.496 e. The summed E-state index contributed by atoms with van der Waals surface area (Å²) in [5, 5.41) is 13.5. The van der Waals surface area contributed by atoms with Crippen molar-refractivity contribution in [3.05, 3.63) is 76.8 Å². The van der Waals surface area contributed by atoms with Crippen LogP contribution >= 0.6 is 0 Å². The number of nitro benzene ring substituents is 1. The Hall–Kier alpha value is -4.85. The van der Waals surface area contributed by atoms with Gasteiger partial charge in [-0.1, -0.05) is 0 Å². The van der Waals surface area contributed by atoms with E-state index in [0.29, 0.717) is 18.0 Å². The summed E-state index contributed by atoms with van der Waals surface area (Å²) in [7, 11) is -1.07. The second kappa shape index (κ2) is 13.3. The molecule has 40 heavy (non-hydrogen) atoms. The number of nitro groups is 1. The molecule has 13 nitrogen and oxygen atoms in total. The normalized spacial score (nSPS) is 10.8. The summed E-state index contributed by atoms with van der Waals surface area (Å²) >= 11 is 0. The minimum atomic E-state index is -3.83. The van der Waals surface area contributed by atoms with Gasteiger partial charge in [-0.3, -0.25) is 19.2 Å². The molecule has 3 aromatic rings. The van der Waals surface area contributed by atoms with Gasteiger partial charge in [-0.15, -0.1) is 0 Å². The Bertz CT molecular complexity index is 1460. The lowest BCUT2D eigenvalue weighted by molar-refractivity contribution is -0.384. The highest BCUT2D eigenvalue weighted by Gasteiger charge is 2.22. The fourth-order valence-corrected chi connectivity index (χ4v) is 4.53. The Morgan fingerprint density at radius 2 is 1.52 bits per heavy atom. The van der Waals surface area contributed by atoms with Crippen LogP contribution < -0.4 is 23.8 Å². The van der Waals surface area contributed by atoms with Gasteiger partial charge in [0.25, 0.3) is 21.6 Å². The Kier molecular flexibility index (Phi) is 9.86. The fourth-order valence-electron chi connectivity index (χ4n) is 3.34. The molecule has 1 N–H and O–H groups in total. The van der Waals surface area contributed by atoms with E-state index in [4.69, 9.17) is 18.9 Å². The second-order valence-corrected chi connectivity index (χ2v) is 9.98. The van der Waals surface area contributed by atoms with Crippen LogP contribution in [0.3, 0.4) is 0 Å². The summed E-state index contributed by atoms with van der Waals surface area (Å²) in [5.41, 5.74) is -0.116. The largest absolute Gasteiger partial charge is 0.496 e. The molecule has 1 amide bonds. The van der Waals surface area contributed by atoms with E-state index in [1.54, 1.807) is 12.1 Å². The molecule has 3 rings (SSSR count). The van der Waals surface area contributed by atoms with Crippen LogP contribution in [0.5, 0.6) is 17.2 Å². The van der Waals surface area contributed by atoms with Crippen LogP contribution in [0.15, 0.2) is 71.6 Å². The van der Waals surface area contributed by atoms with Crippen LogP contribution in [-0.4, -0.2) is 59.2 Å². The summed E-state index contributed by atoms with van der Waals surface area (Å²) in [6.45, 7) is 1.06. The van der Waals surface area contributed by atoms with E-state index in [1.165, 1.54) is 62.7 Å². The first-order chi connectivity index (χ1) is 19.0. The van der Waals surface area contributed by atoms with Crippen molar-refractivity contribution < 1.29 is 41.9 Å². The third-order valence-corrected chi connectivity index (χ3v) is 7.19. The molecule has 0 aliphatic heterocycles. The highest BCUT2D eigenvalue weighted by atomic mass is 32.2. The van der Waals surface area contributed by atoms with E-state index in [0.717, 1.165) is 10.4 Å². The Balaban J connectivity index is 1.51. The number of rotatable bonds is 13. The molecule has 14 heteroatoms. The molecular weight excluding hydrogens is 546 g/mol. The van der Waals surface area contributed by atoms with Crippen molar-refractivity contribution in [2.24, 2.45) is 0 Å². The molecule has 0 aromatic heterocycles. The monoisotopic (exact) mass is 573 g/mol. The zero-order chi connectivity index (χ0) is 29.3. The summed E-state index contributed by atoms with van der Waals surface area (Å²) in [6.07, 6.45) is 0. The minimum absolute atomic E-state index is 0.0855. The van der Waals surface area contributed by atoms with Crippen LogP contribution in [0.1, 0.15) is 6.92 Å². The van der Waals surface area contributed by atoms with Crippen molar-refractivity contribution in [3.63, 3.8) is 0 Å². The molecule has 212 valence electrons. The summed E-state index contributed by atoms with van der Waals surface area (Å²) in [5.74, 6) is -0.597. The number of carbonyl (C=O) groups is 2. The molecule has 0 aliphatic carbocycles. The molecular formula is C26H27N3O10S. The number of sulfonamides is 1. The Morgan fingerprint density at radius 1 is 0.925 bits per heavy atom. The molecule has 0 spiro atoms. The lowest BCUT2D eigenvalue weighted by Gasteiger charge is -2.20. The average molecular weight is 574 g/mol. The van der Waals surface area contributed by atoms with E-state index >= 15 is 0 Å². The van der Waals surface area contributed by atoms with Crippen LogP contribution in [0.2, 0.25) is 0 Å². The molecule has 0 saturated heterocycles. The number of methoxy groups -OCH3 is 1. The van der Waals surface area contributed by atoms with Gasteiger partial charge in [0, 0.05) is 7.05 Å². The number of hydrogen-bond donors (Lipinski definition) is 1. The number of ether oxygens (including phenoxy) is 4. The standard InChI is InChI=1S/C26H27N3O10S/c1-4-37-19-9-12-22(13-10-19)40(34,35)28(2)18-5-7-20(8-6-18)38-17-26(31)39-16-25(30)27-23-14-11-21(36-3)15-24(23)29(32)33/h5-15H,4,16-17H2,1-3H3,(H,27,30). The maximum absolute atomic E-state index is 12.9. The number of anilines is 2. The van der Waals surface area contributed by atoms with Crippen molar-refractivity contribution in [1.82, 2.24) is 0 Å². The first-order valence-electron chi connectivity index (χ1n) is 11.8. The van der Waals surface area contributed by atoms with Gasteiger partial charge < -0.3 is 24.3 Å². The second-order valence-electron chi connectivity index (χ2n) is 8.01. The highest BCUT2D eigenvalue weighted by molar-refractivity contribution is 7.92. The topological polar surface area (TPSA) is 164 Å². The van der Waals surface area contributed by atoms with Crippen molar-refractivity contribution in [2.45, 2.75) is 11.8 Å². The van der Waals surface area contributed by atoms with E-state index < -0.39 is 40.0 Å². The zero-order valence-electron chi connectivity index (χ0n) is 21.9. The van der Waals surface area contributed by atoms with Gasteiger partial charge in [0.15, 0.2) is 13.2 Å². The lowest BCUT2D eigenvalue weighted by atomic mass is 10.2. The van der Waals surface area contributed by atoms with E-state index in [1.807, 2.05) is 6.92 Å². The average Bonchev–Trinajstić information content (AvgIpc) is 2.95. The molecule has 0 radical (unpaired) electrons. The lowest BCUT2D eigenvalue weighted by Crippen LogP contribution is -2.26. The molecule has 0 atom stereocenters. The number of amides is 1. The SMILES string of the molecule is CCOc1ccc(S(=O)(=O)N(C)c2ccc(OCC(=O)OCC(=O)Nc3ccc(OC)cc3[N+](=O)[O-])cc2)cc1. The number of hydrogen-bond acceptors (Lipinski definition) is 10. The van der Waals surface area contributed by atoms with Gasteiger partial charge in [0.05, 0.1) is 35.3 Å². The van der Waals surface area contributed by atoms with Crippen LogP contribution in [0.25, 0.3) is 0 Å². The summed E-state index contributed by atoms with van der Waals surface area (Å²) in [4.78, 5) is 34.7. The number of nitrogens with one attached hydrogen (secondary N) is 1. The van der Waals surface area contributed by atoms with Gasteiger partial charge in [0.1, 0.15) is 22.9 Å². The predicted octanol–water partition coefficient (Wildman–Crippen LogP) is 3.39. The summed E-state index contributed by atoms with van der Waals surface area (Å²) < 4.78 is 47.5. The first kappa shape index (κ1) is 29.7. The fraction of sp³-hybridized carbons (Fsp3) is 0.231. The molecule has 0 heterocycles. The van der Waals surface area contributed by atoms with E-state index in [9.17, 15) is 28.1 Å². The molecule has 3 aromatic carbocycles. The first-order valence-corrected chi connectivity index (χ1v) is 13.2. The van der Waals surface area contributed by atoms with Crippen LogP contribution in [0, 0.1) is 10.1 Å². The summed E-state index contributed by atoms with van der Waals surface area (Å²) in [6, 6.07) is 15.9. The molecule has 0 fully saturated rings. The van der Waals surface area contributed by atoms with Crippen molar-refractivity contribution >= 4 is 39.0 Å². The quantitative estimate of drug-likeness (QED) is 0.182. The van der Waals surface area contributed by atoms with Crippen LogP contribution in [0.4, 0.5) is 17.1 Å². The number of esters is 1. The van der Waals surface area contributed by atoms with Crippen LogP contribution in [-0.2, 0) is 24.3 Å². The number of nitrogens with zero attached hydrogens (tertiary/aromatic N) is 2.